The molecule has 0 aliphatic heterocycles. The van der Waals surface area contributed by atoms with E-state index in [2.05, 4.69) is 193 Å². The minimum Gasteiger partial charge on any atom is -0.456 e. The van der Waals surface area contributed by atoms with E-state index in [0.717, 1.165) is 83.2 Å². The van der Waals surface area contributed by atoms with E-state index in [1.165, 1.54) is 22.3 Å². The second-order valence-corrected chi connectivity index (χ2v) is 14.5. The second kappa shape index (κ2) is 13.6. The van der Waals surface area contributed by atoms with E-state index < -0.39 is 0 Å². The third kappa shape index (κ3) is 5.94. The lowest BCUT2D eigenvalue weighted by molar-refractivity contribution is 0.668. The van der Waals surface area contributed by atoms with E-state index in [4.69, 9.17) is 8.83 Å². The van der Waals surface area contributed by atoms with Gasteiger partial charge >= 0.3 is 0 Å². The first kappa shape index (κ1) is 32.8. The molecule has 0 bridgehead atoms. The molecule has 0 N–H and O–H groups in total. The average molecular weight is 730 g/mol. The number of para-hydroxylation sites is 2. The summed E-state index contributed by atoms with van der Waals surface area (Å²) in [5, 5.41) is 4.52. The van der Waals surface area contributed by atoms with E-state index in [-0.39, 0.29) is 0 Å². The minimum absolute atomic E-state index is 0.903. The van der Waals surface area contributed by atoms with Crippen LogP contribution in [0.4, 0.5) is 17.1 Å². The predicted molar refractivity (Wildman–Crippen MR) is 237 cm³/mol. The van der Waals surface area contributed by atoms with Crippen molar-refractivity contribution in [3.8, 4) is 44.5 Å². The van der Waals surface area contributed by atoms with Crippen molar-refractivity contribution in [1.82, 2.24) is 0 Å². The van der Waals surface area contributed by atoms with Crippen LogP contribution in [0.1, 0.15) is 0 Å². The van der Waals surface area contributed by atoms with Gasteiger partial charge < -0.3 is 13.7 Å². The Morgan fingerprint density at radius 3 is 0.947 bits per heavy atom. The first-order valence-corrected chi connectivity index (χ1v) is 19.3. The fourth-order valence-corrected chi connectivity index (χ4v) is 8.15. The molecule has 2 heterocycles. The van der Waals surface area contributed by atoms with Crippen molar-refractivity contribution in [2.75, 3.05) is 4.90 Å². The summed E-state index contributed by atoms with van der Waals surface area (Å²) in [6.07, 6.45) is 0. The Kier molecular flexibility index (Phi) is 7.82. The quantitative estimate of drug-likeness (QED) is 0.164. The fourth-order valence-electron chi connectivity index (χ4n) is 8.15. The van der Waals surface area contributed by atoms with Crippen LogP contribution in [0.3, 0.4) is 0 Å². The van der Waals surface area contributed by atoms with Gasteiger partial charge in [-0.3, -0.25) is 0 Å². The van der Waals surface area contributed by atoms with E-state index in [9.17, 15) is 0 Å². The maximum Gasteiger partial charge on any atom is 0.135 e. The van der Waals surface area contributed by atoms with Crippen molar-refractivity contribution >= 4 is 60.9 Å². The first-order valence-electron chi connectivity index (χ1n) is 19.3. The van der Waals surface area contributed by atoms with Gasteiger partial charge in [-0.1, -0.05) is 140 Å². The molecule has 9 aromatic carbocycles. The van der Waals surface area contributed by atoms with Gasteiger partial charge in [0.1, 0.15) is 22.3 Å². The third-order valence-electron chi connectivity index (χ3n) is 11.1. The molecule has 3 nitrogen and oxygen atoms in total. The van der Waals surface area contributed by atoms with Crippen LogP contribution in [0.5, 0.6) is 0 Å². The lowest BCUT2D eigenvalue weighted by atomic mass is 9.99. The van der Waals surface area contributed by atoms with E-state index in [1.807, 2.05) is 24.3 Å². The molecule has 0 radical (unpaired) electrons. The third-order valence-corrected chi connectivity index (χ3v) is 11.1. The van der Waals surface area contributed by atoms with Gasteiger partial charge in [0.25, 0.3) is 0 Å². The van der Waals surface area contributed by atoms with Gasteiger partial charge in [-0.15, -0.1) is 0 Å². The largest absolute Gasteiger partial charge is 0.456 e. The monoisotopic (exact) mass is 729 g/mol. The summed E-state index contributed by atoms with van der Waals surface area (Å²) >= 11 is 0. The Morgan fingerprint density at radius 1 is 0.228 bits per heavy atom. The lowest BCUT2D eigenvalue weighted by Crippen LogP contribution is -2.09. The van der Waals surface area contributed by atoms with Gasteiger partial charge in [0.15, 0.2) is 0 Å². The summed E-state index contributed by atoms with van der Waals surface area (Å²) in [4.78, 5) is 2.33. The molecule has 0 saturated heterocycles. The number of hydrogen-bond acceptors (Lipinski definition) is 3. The number of nitrogens with zero attached hydrogens (tertiary/aromatic N) is 1. The highest BCUT2D eigenvalue weighted by Crippen LogP contribution is 2.40. The molecule has 2 aromatic heterocycles. The van der Waals surface area contributed by atoms with Gasteiger partial charge in [-0.25, -0.2) is 0 Å². The predicted octanol–water partition coefficient (Wildman–Crippen LogP) is 15.6. The Labute approximate surface area is 330 Å². The van der Waals surface area contributed by atoms with Crippen LogP contribution in [-0.2, 0) is 0 Å². The maximum atomic E-state index is 6.11. The molecular weight excluding hydrogens is 695 g/mol. The highest BCUT2D eigenvalue weighted by atomic mass is 16.3. The summed E-state index contributed by atoms with van der Waals surface area (Å²) < 4.78 is 12.2. The van der Waals surface area contributed by atoms with Crippen molar-refractivity contribution in [3.63, 3.8) is 0 Å². The Bertz CT molecular complexity index is 3040. The molecule has 3 heteroatoms. The Balaban J connectivity index is 0.948. The normalized spacial score (nSPS) is 11.5. The SMILES string of the molecule is c1ccc(-c2ccc(-c3ccc(N(c4ccc(-c5ccc6oc7ccccc7c6c5)cc4)c4ccc(-c5ccc6oc7ccccc7c6c5)cc4)cc3)cc2)cc1. The highest BCUT2D eigenvalue weighted by molar-refractivity contribution is 6.07. The average Bonchev–Trinajstić information content (AvgIpc) is 3.85. The number of hydrogen-bond donors (Lipinski definition) is 0. The zero-order chi connectivity index (χ0) is 37.7. The van der Waals surface area contributed by atoms with Gasteiger partial charge in [0.2, 0.25) is 0 Å². The van der Waals surface area contributed by atoms with E-state index in [0.29, 0.717) is 0 Å². The molecule has 57 heavy (non-hydrogen) atoms. The van der Waals surface area contributed by atoms with Crippen molar-refractivity contribution < 1.29 is 8.83 Å². The molecule has 0 saturated carbocycles. The van der Waals surface area contributed by atoms with E-state index in [1.54, 1.807) is 0 Å². The molecule has 0 aliphatic rings. The van der Waals surface area contributed by atoms with Crippen molar-refractivity contribution in [2.45, 2.75) is 0 Å². The molecule has 0 unspecified atom stereocenters. The standard InChI is InChI=1S/C54H35NO2/c1-2-8-36(9-3-1)37-14-16-38(17-15-37)39-18-26-44(27-19-39)55(45-28-20-40(21-29-45)42-24-32-53-49(34-42)47-10-4-6-12-51(47)56-53)46-30-22-41(23-31-46)43-25-33-54-50(35-43)48-11-5-7-13-52(48)57-54/h1-35H. The highest BCUT2D eigenvalue weighted by Gasteiger charge is 2.16. The summed E-state index contributed by atoms with van der Waals surface area (Å²) in [5.41, 5.74) is 16.3. The molecule has 0 fully saturated rings. The van der Waals surface area contributed by atoms with E-state index >= 15 is 0 Å². The summed E-state index contributed by atoms with van der Waals surface area (Å²) in [5.74, 6) is 0. The van der Waals surface area contributed by atoms with Gasteiger partial charge in [-0.05, 0) is 117 Å². The van der Waals surface area contributed by atoms with Crippen molar-refractivity contribution in [1.29, 1.82) is 0 Å². The lowest BCUT2D eigenvalue weighted by Gasteiger charge is -2.26. The van der Waals surface area contributed by atoms with Crippen LogP contribution < -0.4 is 4.90 Å². The summed E-state index contributed by atoms with van der Waals surface area (Å²) in [6.45, 7) is 0. The maximum absolute atomic E-state index is 6.11. The number of anilines is 3. The summed E-state index contributed by atoms with van der Waals surface area (Å²) in [7, 11) is 0. The van der Waals surface area contributed by atoms with Crippen molar-refractivity contribution in [3.05, 3.63) is 212 Å². The molecular formula is C54H35NO2. The second-order valence-electron chi connectivity index (χ2n) is 14.5. The zero-order valence-electron chi connectivity index (χ0n) is 31.0. The van der Waals surface area contributed by atoms with Gasteiger partial charge in [-0.2, -0.15) is 0 Å². The number of furan rings is 2. The fraction of sp³-hybridized carbons (Fsp3) is 0. The molecule has 11 aromatic rings. The number of fused-ring (bicyclic) bond motifs is 6. The van der Waals surface area contributed by atoms with Crippen LogP contribution in [-0.4, -0.2) is 0 Å². The molecule has 11 rings (SSSR count). The van der Waals surface area contributed by atoms with Crippen LogP contribution in [0.25, 0.3) is 88.4 Å². The zero-order valence-corrected chi connectivity index (χ0v) is 31.0. The molecule has 0 amide bonds. The van der Waals surface area contributed by atoms with Crippen molar-refractivity contribution in [2.24, 2.45) is 0 Å². The Hall–Kier alpha value is -7.62. The molecule has 268 valence electrons. The molecule has 0 aliphatic carbocycles. The number of rotatable bonds is 7. The van der Waals surface area contributed by atoms with Gasteiger partial charge in [0, 0.05) is 38.6 Å². The van der Waals surface area contributed by atoms with Crippen LogP contribution in [0.2, 0.25) is 0 Å². The van der Waals surface area contributed by atoms with Gasteiger partial charge in [0.05, 0.1) is 0 Å². The smallest absolute Gasteiger partial charge is 0.135 e. The molecule has 0 atom stereocenters. The first-order chi connectivity index (χ1) is 28.2. The van der Waals surface area contributed by atoms with Crippen LogP contribution in [0.15, 0.2) is 221 Å². The number of benzene rings is 9. The topological polar surface area (TPSA) is 29.5 Å². The van der Waals surface area contributed by atoms with Crippen LogP contribution >= 0.6 is 0 Å². The Morgan fingerprint density at radius 2 is 0.526 bits per heavy atom. The molecule has 0 spiro atoms. The van der Waals surface area contributed by atoms with Crippen LogP contribution in [0, 0.1) is 0 Å². The minimum atomic E-state index is 0.903. The summed E-state index contributed by atoms with van der Waals surface area (Å²) in [6, 6.07) is 75.3.